The maximum atomic E-state index is 12.9. The van der Waals surface area contributed by atoms with Gasteiger partial charge in [-0.15, -0.1) is 0 Å². The smallest absolute Gasteiger partial charge is 0.335 e. The van der Waals surface area contributed by atoms with Crippen LogP contribution in [-0.2, 0) is 19.8 Å². The Hall–Kier alpha value is -4.23. The van der Waals surface area contributed by atoms with Gasteiger partial charge in [0.1, 0.15) is 11.0 Å². The number of anilines is 2. The van der Waals surface area contributed by atoms with Crippen LogP contribution in [0.3, 0.4) is 0 Å². The van der Waals surface area contributed by atoms with Gasteiger partial charge in [-0.05, 0) is 51.8 Å². The Morgan fingerprint density at radius 3 is 2.89 bits per heavy atom. The maximum absolute atomic E-state index is 12.9. The zero-order valence-electron chi connectivity index (χ0n) is 20.9. The first kappa shape index (κ1) is 24.5. The highest BCUT2D eigenvalue weighted by atomic mass is 16.6. The fraction of sp³-hybridized carbons (Fsp3) is 0.370. The summed E-state index contributed by atoms with van der Waals surface area (Å²) in [6, 6.07) is 13.7. The second-order valence-electron chi connectivity index (χ2n) is 10.3. The molecule has 2 unspecified atom stereocenters. The minimum atomic E-state index is -0.860. The number of nitriles is 1. The number of para-hydroxylation sites is 1. The third-order valence-electron chi connectivity index (χ3n) is 6.41. The van der Waals surface area contributed by atoms with Gasteiger partial charge in [-0.1, -0.05) is 18.2 Å². The third-order valence-corrected chi connectivity index (χ3v) is 6.41. The van der Waals surface area contributed by atoms with E-state index in [2.05, 4.69) is 21.4 Å². The lowest BCUT2D eigenvalue weighted by Gasteiger charge is -2.39. The van der Waals surface area contributed by atoms with E-state index in [1.807, 2.05) is 30.3 Å². The van der Waals surface area contributed by atoms with Gasteiger partial charge < -0.3 is 19.8 Å². The Morgan fingerprint density at radius 1 is 1.35 bits per heavy atom. The van der Waals surface area contributed by atoms with Crippen molar-refractivity contribution in [2.75, 3.05) is 11.9 Å². The normalized spacial score (nSPS) is 20.0. The lowest BCUT2D eigenvalue weighted by atomic mass is 9.87. The molecule has 10 nitrogen and oxygen atoms in total. The molecule has 1 fully saturated rings. The summed E-state index contributed by atoms with van der Waals surface area (Å²) in [4.78, 5) is 32.7. The molecular formula is C27H28N6O4. The molecule has 0 spiro atoms. The van der Waals surface area contributed by atoms with E-state index < -0.39 is 23.2 Å². The summed E-state index contributed by atoms with van der Waals surface area (Å²) in [7, 11) is 0. The minimum absolute atomic E-state index is 0.0744. The van der Waals surface area contributed by atoms with Gasteiger partial charge in [-0.2, -0.15) is 10.4 Å². The summed E-state index contributed by atoms with van der Waals surface area (Å²) in [5, 5.41) is 19.0. The van der Waals surface area contributed by atoms with Crippen LogP contribution in [0.25, 0.3) is 21.8 Å². The Morgan fingerprint density at radius 2 is 2.16 bits per heavy atom. The van der Waals surface area contributed by atoms with E-state index in [4.69, 9.17) is 14.6 Å². The number of hydrogen-bond donors (Lipinski definition) is 2. The highest BCUT2D eigenvalue weighted by Crippen LogP contribution is 2.37. The van der Waals surface area contributed by atoms with Crippen LogP contribution in [0, 0.1) is 11.3 Å². The van der Waals surface area contributed by atoms with Crippen molar-refractivity contribution in [2.45, 2.75) is 57.3 Å². The van der Waals surface area contributed by atoms with Gasteiger partial charge in [0.15, 0.2) is 11.9 Å². The standard InChI is InChI=1S/C27H28N6O4/c1-26(2,3)37-25(35)21-8-10-27(11-12-28,16-36-21)33-20-9-13-29-24(34)22(20)23(32-33)31-18-14-17-6-4-5-7-19(17)30-15-18/h4-7,9,13-15,21H,8,10-11,16H2,1-3H3,(H,29,34)(H,31,32). The van der Waals surface area contributed by atoms with Gasteiger partial charge in [0.05, 0.1) is 47.6 Å². The summed E-state index contributed by atoms with van der Waals surface area (Å²) < 4.78 is 13.1. The van der Waals surface area contributed by atoms with E-state index >= 15 is 0 Å². The molecule has 4 heterocycles. The first-order chi connectivity index (χ1) is 17.7. The fourth-order valence-electron chi connectivity index (χ4n) is 4.70. The molecule has 4 aromatic rings. The number of fused-ring (bicyclic) bond motifs is 2. The van der Waals surface area contributed by atoms with Crippen molar-refractivity contribution in [3.05, 3.63) is 59.1 Å². The third kappa shape index (κ3) is 4.78. The van der Waals surface area contributed by atoms with Gasteiger partial charge in [-0.3, -0.25) is 14.5 Å². The monoisotopic (exact) mass is 500 g/mol. The van der Waals surface area contributed by atoms with Crippen molar-refractivity contribution in [3.8, 4) is 6.07 Å². The molecule has 5 rings (SSSR count). The topological polar surface area (TPSA) is 135 Å². The summed E-state index contributed by atoms with van der Waals surface area (Å²) >= 11 is 0. The first-order valence-electron chi connectivity index (χ1n) is 12.1. The molecule has 3 aromatic heterocycles. The minimum Gasteiger partial charge on any atom is -0.458 e. The van der Waals surface area contributed by atoms with E-state index in [0.29, 0.717) is 35.2 Å². The zero-order chi connectivity index (χ0) is 26.2. The van der Waals surface area contributed by atoms with Crippen LogP contribution in [0.4, 0.5) is 11.5 Å². The predicted octanol–water partition coefficient (Wildman–Crippen LogP) is 4.15. The van der Waals surface area contributed by atoms with Crippen molar-refractivity contribution in [2.24, 2.45) is 0 Å². The number of H-pyrrole nitrogens is 1. The van der Waals surface area contributed by atoms with Crippen LogP contribution >= 0.6 is 0 Å². The van der Waals surface area contributed by atoms with Gasteiger partial charge in [0.25, 0.3) is 5.56 Å². The van der Waals surface area contributed by atoms with E-state index in [-0.39, 0.29) is 18.6 Å². The highest BCUT2D eigenvalue weighted by Gasteiger charge is 2.43. The van der Waals surface area contributed by atoms with Crippen LogP contribution in [0.15, 0.2) is 53.6 Å². The molecule has 1 saturated heterocycles. The van der Waals surface area contributed by atoms with Crippen LogP contribution in [0.1, 0.15) is 40.0 Å². The highest BCUT2D eigenvalue weighted by molar-refractivity contribution is 5.92. The Labute approximate surface area is 213 Å². The van der Waals surface area contributed by atoms with Gasteiger partial charge in [-0.25, -0.2) is 4.79 Å². The molecule has 0 aliphatic carbocycles. The lowest BCUT2D eigenvalue weighted by Crippen LogP contribution is -2.47. The van der Waals surface area contributed by atoms with Crippen molar-refractivity contribution >= 4 is 39.3 Å². The van der Waals surface area contributed by atoms with Crippen LogP contribution in [0.5, 0.6) is 0 Å². The van der Waals surface area contributed by atoms with Gasteiger partial charge in [0.2, 0.25) is 0 Å². The zero-order valence-corrected chi connectivity index (χ0v) is 20.9. The number of pyridine rings is 2. The maximum Gasteiger partial charge on any atom is 0.335 e. The predicted molar refractivity (Wildman–Crippen MR) is 138 cm³/mol. The Bertz CT molecular complexity index is 1570. The van der Waals surface area contributed by atoms with E-state index in [9.17, 15) is 14.9 Å². The van der Waals surface area contributed by atoms with Crippen molar-refractivity contribution in [1.82, 2.24) is 19.7 Å². The number of carbonyl (C=O) groups excluding carboxylic acids is 1. The number of aromatic amines is 1. The molecule has 0 amide bonds. The lowest BCUT2D eigenvalue weighted by molar-refractivity contribution is -0.176. The van der Waals surface area contributed by atoms with E-state index in [0.717, 1.165) is 10.9 Å². The number of aromatic nitrogens is 4. The molecule has 0 saturated carbocycles. The molecule has 0 bridgehead atoms. The molecular weight excluding hydrogens is 472 g/mol. The molecule has 1 aliphatic rings. The second-order valence-corrected chi connectivity index (χ2v) is 10.3. The number of hydrogen-bond acceptors (Lipinski definition) is 8. The number of esters is 1. The number of rotatable bonds is 5. The number of benzene rings is 1. The molecule has 1 aliphatic heterocycles. The summed E-state index contributed by atoms with van der Waals surface area (Å²) in [5.74, 6) is -0.0773. The number of carbonyl (C=O) groups is 1. The average molecular weight is 501 g/mol. The van der Waals surface area contributed by atoms with E-state index in [1.165, 1.54) is 0 Å². The quantitative estimate of drug-likeness (QED) is 0.390. The van der Waals surface area contributed by atoms with E-state index in [1.54, 1.807) is 43.9 Å². The first-order valence-corrected chi connectivity index (χ1v) is 12.1. The van der Waals surface area contributed by atoms with Crippen LogP contribution < -0.4 is 10.9 Å². The molecule has 0 radical (unpaired) electrons. The molecule has 2 atom stereocenters. The number of nitrogens with one attached hydrogen (secondary N) is 2. The SMILES string of the molecule is CC(C)(C)OC(=O)C1CCC(CC#N)(n2nc(Nc3cnc4ccccc4c3)c3c(=O)[nH]ccc32)CO1. The van der Waals surface area contributed by atoms with Crippen molar-refractivity contribution < 1.29 is 14.3 Å². The average Bonchev–Trinajstić information content (AvgIpc) is 3.23. The summed E-state index contributed by atoms with van der Waals surface area (Å²) in [6.45, 7) is 5.49. The molecule has 37 heavy (non-hydrogen) atoms. The van der Waals surface area contributed by atoms with Crippen molar-refractivity contribution in [3.63, 3.8) is 0 Å². The van der Waals surface area contributed by atoms with Gasteiger partial charge >= 0.3 is 5.97 Å². The largest absolute Gasteiger partial charge is 0.458 e. The Balaban J connectivity index is 1.51. The van der Waals surface area contributed by atoms with Crippen molar-refractivity contribution in [1.29, 1.82) is 5.26 Å². The number of nitrogens with zero attached hydrogens (tertiary/aromatic N) is 4. The number of ether oxygens (including phenoxy) is 2. The fourth-order valence-corrected chi connectivity index (χ4v) is 4.70. The van der Waals surface area contributed by atoms with Crippen LogP contribution in [-0.4, -0.2) is 44.0 Å². The van der Waals surface area contributed by atoms with Crippen LogP contribution in [0.2, 0.25) is 0 Å². The molecule has 1 aromatic carbocycles. The molecule has 190 valence electrons. The summed E-state index contributed by atoms with van der Waals surface area (Å²) in [6.07, 6.45) is 3.41. The second kappa shape index (κ2) is 9.33. The van der Waals surface area contributed by atoms with Gasteiger partial charge in [0, 0.05) is 11.6 Å². The summed E-state index contributed by atoms with van der Waals surface area (Å²) in [5.41, 5.74) is 0.297. The Kier molecular flexibility index (Phi) is 6.17. The molecule has 2 N–H and O–H groups in total. The molecule has 10 heteroatoms.